The van der Waals surface area contributed by atoms with Crippen molar-refractivity contribution in [3.8, 4) is 0 Å². The highest BCUT2D eigenvalue weighted by Gasteiger charge is 2.22. The number of fused-ring (bicyclic) bond motifs is 3. The molecule has 4 rings (SSSR count). The van der Waals surface area contributed by atoms with Crippen LogP contribution in [0.4, 0.5) is 5.82 Å². The minimum Gasteiger partial charge on any atom is -0.450 e. The summed E-state index contributed by atoms with van der Waals surface area (Å²) < 4.78 is 6.13. The average Bonchev–Trinajstić information content (AvgIpc) is 3.26. The molecule has 0 atom stereocenters. The number of aryl methyl sites for hydroxylation is 1. The van der Waals surface area contributed by atoms with E-state index in [1.54, 1.807) is 0 Å². The van der Waals surface area contributed by atoms with E-state index in [1.165, 1.54) is 32.1 Å². The number of para-hydroxylation sites is 1. The Morgan fingerprint density at radius 1 is 1.04 bits per heavy atom. The lowest BCUT2D eigenvalue weighted by molar-refractivity contribution is 0.645. The molecule has 3 heterocycles. The lowest BCUT2D eigenvalue weighted by Gasteiger charge is -2.17. The summed E-state index contributed by atoms with van der Waals surface area (Å²) in [5.74, 6) is 1.96. The molecule has 1 aromatic carbocycles. The number of benzene rings is 1. The minimum absolute atomic E-state index is 0.857. The van der Waals surface area contributed by atoms with Crippen LogP contribution in [-0.4, -0.2) is 23.1 Å². The molecule has 1 saturated heterocycles. The second-order valence-corrected chi connectivity index (χ2v) is 6.74. The molecule has 0 N–H and O–H groups in total. The van der Waals surface area contributed by atoms with Gasteiger partial charge >= 0.3 is 0 Å². The second kappa shape index (κ2) is 6.80. The summed E-state index contributed by atoms with van der Waals surface area (Å²) in [4.78, 5) is 12.1. The highest BCUT2D eigenvalue weighted by atomic mass is 16.3. The molecule has 0 spiro atoms. The van der Waals surface area contributed by atoms with Gasteiger partial charge in [-0.3, -0.25) is 0 Å². The van der Waals surface area contributed by atoms with Crippen molar-refractivity contribution < 1.29 is 4.42 Å². The summed E-state index contributed by atoms with van der Waals surface area (Å²) in [6, 6.07) is 8.18. The van der Waals surface area contributed by atoms with Gasteiger partial charge in [-0.1, -0.05) is 38.3 Å². The van der Waals surface area contributed by atoms with Crippen molar-refractivity contribution >= 4 is 27.9 Å². The number of hydrogen-bond acceptors (Lipinski definition) is 4. The number of unbranched alkanes of at least 4 members (excludes halogenated alkanes) is 3. The van der Waals surface area contributed by atoms with Gasteiger partial charge in [0.25, 0.3) is 0 Å². The third-order valence-corrected chi connectivity index (χ3v) is 4.91. The van der Waals surface area contributed by atoms with Crippen LogP contribution in [-0.2, 0) is 6.42 Å². The molecule has 4 nitrogen and oxygen atoms in total. The number of aromatic nitrogens is 2. The van der Waals surface area contributed by atoms with Crippen molar-refractivity contribution in [1.29, 1.82) is 0 Å². The summed E-state index contributed by atoms with van der Waals surface area (Å²) >= 11 is 0. The maximum atomic E-state index is 6.13. The monoisotopic (exact) mass is 323 g/mol. The first-order valence-corrected chi connectivity index (χ1v) is 9.30. The molecule has 0 radical (unpaired) electrons. The van der Waals surface area contributed by atoms with Crippen LogP contribution in [0, 0.1) is 0 Å². The summed E-state index contributed by atoms with van der Waals surface area (Å²) in [7, 11) is 0. The third kappa shape index (κ3) is 2.85. The SMILES string of the molecule is CCCCCCc1nc(N2CCCC2)c2oc3ccccc3c2n1. The van der Waals surface area contributed by atoms with Crippen LogP contribution in [0.2, 0.25) is 0 Å². The molecule has 0 amide bonds. The zero-order valence-corrected chi connectivity index (χ0v) is 14.4. The van der Waals surface area contributed by atoms with Crippen LogP contribution < -0.4 is 4.90 Å². The predicted octanol–water partition coefficient (Wildman–Crippen LogP) is 5.10. The number of rotatable bonds is 6. The van der Waals surface area contributed by atoms with Gasteiger partial charge in [0.2, 0.25) is 0 Å². The molecule has 126 valence electrons. The van der Waals surface area contributed by atoms with Crippen LogP contribution >= 0.6 is 0 Å². The summed E-state index contributed by atoms with van der Waals surface area (Å²) in [5.41, 5.74) is 2.74. The number of hydrogen-bond donors (Lipinski definition) is 0. The Kier molecular flexibility index (Phi) is 4.37. The highest BCUT2D eigenvalue weighted by molar-refractivity contribution is 6.05. The van der Waals surface area contributed by atoms with Gasteiger partial charge in [-0.15, -0.1) is 0 Å². The lowest BCUT2D eigenvalue weighted by atomic mass is 10.1. The normalized spacial score (nSPS) is 15.0. The highest BCUT2D eigenvalue weighted by Crippen LogP contribution is 2.34. The summed E-state index contributed by atoms with van der Waals surface area (Å²) in [6.45, 7) is 4.38. The van der Waals surface area contributed by atoms with Crippen LogP contribution in [0.3, 0.4) is 0 Å². The number of nitrogens with zero attached hydrogens (tertiary/aromatic N) is 3. The molecule has 0 saturated carbocycles. The smallest absolute Gasteiger partial charge is 0.196 e. The van der Waals surface area contributed by atoms with Crippen molar-refractivity contribution in [2.45, 2.75) is 51.9 Å². The molecular weight excluding hydrogens is 298 g/mol. The molecule has 1 fully saturated rings. The molecule has 24 heavy (non-hydrogen) atoms. The van der Waals surface area contributed by atoms with Crippen LogP contribution in [0.1, 0.15) is 51.3 Å². The van der Waals surface area contributed by atoms with E-state index < -0.39 is 0 Å². The fourth-order valence-corrected chi connectivity index (χ4v) is 3.59. The maximum Gasteiger partial charge on any atom is 0.196 e. The molecule has 0 aliphatic carbocycles. The standard InChI is InChI=1S/C20H25N3O/c1-2-3-4-5-12-17-21-18-15-10-6-7-11-16(15)24-19(18)20(22-17)23-13-8-9-14-23/h6-7,10-11H,2-5,8-9,12-14H2,1H3. The molecule has 3 aromatic rings. The molecule has 4 heteroatoms. The van der Waals surface area contributed by atoms with Gasteiger partial charge in [-0.2, -0.15) is 0 Å². The lowest BCUT2D eigenvalue weighted by Crippen LogP contribution is -2.20. The van der Waals surface area contributed by atoms with Gasteiger partial charge < -0.3 is 9.32 Å². The molecule has 1 aliphatic heterocycles. The van der Waals surface area contributed by atoms with Gasteiger partial charge in [0, 0.05) is 24.9 Å². The Morgan fingerprint density at radius 2 is 1.88 bits per heavy atom. The van der Waals surface area contributed by atoms with Crippen LogP contribution in [0.15, 0.2) is 28.7 Å². The van der Waals surface area contributed by atoms with Crippen LogP contribution in [0.5, 0.6) is 0 Å². The van der Waals surface area contributed by atoms with Crippen molar-refractivity contribution in [1.82, 2.24) is 9.97 Å². The molecule has 0 unspecified atom stereocenters. The van der Waals surface area contributed by atoms with E-state index in [9.17, 15) is 0 Å². The average molecular weight is 323 g/mol. The predicted molar refractivity (Wildman–Crippen MR) is 98.6 cm³/mol. The van der Waals surface area contributed by atoms with Crippen LogP contribution in [0.25, 0.3) is 22.1 Å². The first-order chi connectivity index (χ1) is 11.9. The van der Waals surface area contributed by atoms with Crippen molar-refractivity contribution in [3.63, 3.8) is 0 Å². The number of furan rings is 1. The molecular formula is C20H25N3O. The quantitative estimate of drug-likeness (QED) is 0.592. The first-order valence-electron chi connectivity index (χ1n) is 9.30. The Bertz CT molecular complexity index is 833. The minimum atomic E-state index is 0.857. The van der Waals surface area contributed by atoms with Gasteiger partial charge in [0.05, 0.1) is 0 Å². The summed E-state index contributed by atoms with van der Waals surface area (Å²) in [5, 5.41) is 1.10. The number of anilines is 1. The molecule has 2 aromatic heterocycles. The Labute approximate surface area is 142 Å². The van der Waals surface area contributed by atoms with Crippen molar-refractivity contribution in [3.05, 3.63) is 30.1 Å². The van der Waals surface area contributed by atoms with Gasteiger partial charge in [0.1, 0.15) is 16.9 Å². The third-order valence-electron chi connectivity index (χ3n) is 4.91. The van der Waals surface area contributed by atoms with Gasteiger partial charge in [0.15, 0.2) is 11.4 Å². The fourth-order valence-electron chi connectivity index (χ4n) is 3.59. The zero-order valence-electron chi connectivity index (χ0n) is 14.4. The summed E-state index contributed by atoms with van der Waals surface area (Å²) in [6.07, 6.45) is 8.38. The Morgan fingerprint density at radius 3 is 2.71 bits per heavy atom. The second-order valence-electron chi connectivity index (χ2n) is 6.74. The Hall–Kier alpha value is -2.10. The first kappa shape index (κ1) is 15.4. The van der Waals surface area contributed by atoms with E-state index in [1.807, 2.05) is 12.1 Å². The Balaban J connectivity index is 1.77. The van der Waals surface area contributed by atoms with E-state index in [2.05, 4.69) is 24.0 Å². The molecule has 1 aliphatic rings. The fraction of sp³-hybridized carbons (Fsp3) is 0.500. The molecule has 0 bridgehead atoms. The van der Waals surface area contributed by atoms with E-state index in [4.69, 9.17) is 14.4 Å². The van der Waals surface area contributed by atoms with E-state index in [0.717, 1.165) is 59.6 Å². The van der Waals surface area contributed by atoms with E-state index in [0.29, 0.717) is 0 Å². The largest absolute Gasteiger partial charge is 0.450 e. The van der Waals surface area contributed by atoms with Gasteiger partial charge in [-0.25, -0.2) is 9.97 Å². The van der Waals surface area contributed by atoms with Crippen molar-refractivity contribution in [2.75, 3.05) is 18.0 Å². The van der Waals surface area contributed by atoms with E-state index in [-0.39, 0.29) is 0 Å². The van der Waals surface area contributed by atoms with Gasteiger partial charge in [-0.05, 0) is 31.4 Å². The maximum absolute atomic E-state index is 6.13. The topological polar surface area (TPSA) is 42.2 Å². The zero-order chi connectivity index (χ0) is 16.4. The van der Waals surface area contributed by atoms with E-state index >= 15 is 0 Å². The van der Waals surface area contributed by atoms with Crippen molar-refractivity contribution in [2.24, 2.45) is 0 Å².